The van der Waals surface area contributed by atoms with Crippen molar-refractivity contribution in [3.05, 3.63) is 29.8 Å². The van der Waals surface area contributed by atoms with E-state index in [9.17, 15) is 26.3 Å². The summed E-state index contributed by atoms with van der Waals surface area (Å²) in [4.78, 5) is 1.86. The minimum atomic E-state index is -4.84. The fourth-order valence-electron chi connectivity index (χ4n) is 2.77. The molecule has 3 nitrogen and oxygen atoms in total. The van der Waals surface area contributed by atoms with Gasteiger partial charge in [0.2, 0.25) is 0 Å². The molecule has 1 N–H and O–H groups in total. The van der Waals surface area contributed by atoms with E-state index in [-0.39, 0.29) is 18.8 Å². The molecule has 0 saturated carbocycles. The molecule has 0 spiro atoms. The monoisotopic (exact) mass is 392 g/mol. The fourth-order valence-corrected chi connectivity index (χ4v) is 2.77. The van der Waals surface area contributed by atoms with Crippen LogP contribution in [0.5, 0.6) is 5.75 Å². The van der Waals surface area contributed by atoms with Crippen molar-refractivity contribution in [2.45, 2.75) is 31.4 Å². The molecular weight excluding hydrogens is 374 g/mol. The van der Waals surface area contributed by atoms with Crippen molar-refractivity contribution in [2.24, 2.45) is 0 Å². The lowest BCUT2D eigenvalue weighted by molar-refractivity contribution is -0.274. The van der Waals surface area contributed by atoms with Crippen LogP contribution in [0.1, 0.15) is 24.4 Å². The molecule has 25 heavy (non-hydrogen) atoms. The number of nitrogens with one attached hydrogen (secondary N) is 1. The smallest absolute Gasteiger partial charge is 0.406 e. The van der Waals surface area contributed by atoms with E-state index in [2.05, 4.69) is 10.1 Å². The van der Waals surface area contributed by atoms with Gasteiger partial charge in [-0.05, 0) is 24.1 Å². The molecule has 1 aliphatic rings. The molecule has 1 aromatic rings. The molecule has 1 saturated heterocycles. The van der Waals surface area contributed by atoms with Crippen molar-refractivity contribution in [1.29, 1.82) is 0 Å². The van der Waals surface area contributed by atoms with Gasteiger partial charge in [-0.15, -0.1) is 25.6 Å². The van der Waals surface area contributed by atoms with Crippen LogP contribution in [-0.4, -0.2) is 43.6 Å². The van der Waals surface area contributed by atoms with Crippen molar-refractivity contribution >= 4 is 12.4 Å². The number of ether oxygens (including phenoxy) is 1. The van der Waals surface area contributed by atoms with Gasteiger partial charge < -0.3 is 10.1 Å². The third-order valence-electron chi connectivity index (χ3n) is 3.77. The summed E-state index contributed by atoms with van der Waals surface area (Å²) in [7, 11) is 0. The van der Waals surface area contributed by atoms with E-state index in [1.807, 2.05) is 4.90 Å². The molecule has 1 atom stereocenters. The minimum Gasteiger partial charge on any atom is -0.406 e. The topological polar surface area (TPSA) is 24.5 Å². The molecule has 0 radical (unpaired) electrons. The van der Waals surface area contributed by atoms with E-state index in [0.717, 1.165) is 12.1 Å². The van der Waals surface area contributed by atoms with Crippen molar-refractivity contribution in [1.82, 2.24) is 10.2 Å². The van der Waals surface area contributed by atoms with Gasteiger partial charge in [-0.1, -0.05) is 12.1 Å². The lowest BCUT2D eigenvalue weighted by atomic mass is 9.99. The van der Waals surface area contributed by atoms with Crippen LogP contribution >= 0.6 is 12.4 Å². The molecule has 144 valence electrons. The normalized spacial score (nSPS) is 17.7. The largest absolute Gasteiger partial charge is 0.573 e. The second-order valence-electron chi connectivity index (χ2n) is 5.58. The molecule has 0 bridgehead atoms. The zero-order chi connectivity index (χ0) is 17.8. The summed E-state index contributed by atoms with van der Waals surface area (Å²) in [6.07, 6.45) is -10.4. The molecule has 1 heterocycles. The Morgan fingerprint density at radius 1 is 1.08 bits per heavy atom. The van der Waals surface area contributed by atoms with E-state index in [1.54, 1.807) is 0 Å². The summed E-state index contributed by atoms with van der Waals surface area (Å²) in [5, 5.41) is 3.10. The second-order valence-corrected chi connectivity index (χ2v) is 5.58. The van der Waals surface area contributed by atoms with Gasteiger partial charge in [-0.2, -0.15) is 13.2 Å². The SMILES string of the molecule is Cl.FC(F)(F)CC[C@H](c1cccc(OC(F)(F)F)c1)N1CCNCC1. The van der Waals surface area contributed by atoms with Gasteiger partial charge in [-0.25, -0.2) is 0 Å². The number of halogens is 7. The van der Waals surface area contributed by atoms with E-state index < -0.39 is 30.8 Å². The summed E-state index contributed by atoms with van der Waals surface area (Å²) in [6, 6.07) is 4.59. The number of benzene rings is 1. The van der Waals surface area contributed by atoms with Gasteiger partial charge in [0.1, 0.15) is 5.75 Å². The average Bonchev–Trinajstić information content (AvgIpc) is 2.46. The molecule has 0 amide bonds. The highest BCUT2D eigenvalue weighted by Gasteiger charge is 2.33. The Kier molecular flexibility index (Phi) is 7.83. The number of piperazine rings is 1. The summed E-state index contributed by atoms with van der Waals surface area (Å²) >= 11 is 0. The maximum Gasteiger partial charge on any atom is 0.573 e. The quantitative estimate of drug-likeness (QED) is 0.756. The van der Waals surface area contributed by atoms with Crippen LogP contribution in [-0.2, 0) is 0 Å². The molecule has 0 aromatic heterocycles. The first-order valence-electron chi connectivity index (χ1n) is 7.51. The number of rotatable bonds is 5. The highest BCUT2D eigenvalue weighted by Crippen LogP contribution is 2.34. The van der Waals surface area contributed by atoms with E-state index in [1.165, 1.54) is 12.1 Å². The van der Waals surface area contributed by atoms with Crippen LogP contribution in [0.2, 0.25) is 0 Å². The molecule has 0 aliphatic carbocycles. The van der Waals surface area contributed by atoms with Gasteiger partial charge in [0.05, 0.1) is 0 Å². The Labute approximate surface area is 147 Å². The first kappa shape index (κ1) is 21.9. The van der Waals surface area contributed by atoms with Gasteiger partial charge in [0.25, 0.3) is 0 Å². The van der Waals surface area contributed by atoms with Crippen LogP contribution in [0, 0.1) is 0 Å². The van der Waals surface area contributed by atoms with Gasteiger partial charge in [0, 0.05) is 38.6 Å². The van der Waals surface area contributed by atoms with Crippen LogP contribution in [0.15, 0.2) is 24.3 Å². The van der Waals surface area contributed by atoms with Crippen molar-refractivity contribution in [3.63, 3.8) is 0 Å². The third-order valence-corrected chi connectivity index (χ3v) is 3.77. The van der Waals surface area contributed by atoms with Crippen molar-refractivity contribution < 1.29 is 31.1 Å². The molecule has 1 aliphatic heterocycles. The molecule has 10 heteroatoms. The van der Waals surface area contributed by atoms with E-state index in [0.29, 0.717) is 31.7 Å². The first-order chi connectivity index (χ1) is 11.1. The van der Waals surface area contributed by atoms with Crippen LogP contribution in [0.3, 0.4) is 0 Å². The summed E-state index contributed by atoms with van der Waals surface area (Å²) in [6.45, 7) is 2.32. The lowest BCUT2D eigenvalue weighted by Gasteiger charge is -2.35. The third kappa shape index (κ3) is 7.70. The van der Waals surface area contributed by atoms with Crippen molar-refractivity contribution in [2.75, 3.05) is 26.2 Å². The van der Waals surface area contributed by atoms with E-state index in [4.69, 9.17) is 0 Å². The van der Waals surface area contributed by atoms with Crippen LogP contribution in [0.4, 0.5) is 26.3 Å². The van der Waals surface area contributed by atoms with E-state index >= 15 is 0 Å². The molecule has 2 rings (SSSR count). The number of hydrogen-bond donors (Lipinski definition) is 1. The van der Waals surface area contributed by atoms with Crippen molar-refractivity contribution in [3.8, 4) is 5.75 Å². The Morgan fingerprint density at radius 2 is 1.72 bits per heavy atom. The predicted molar refractivity (Wildman–Crippen MR) is 82.8 cm³/mol. The van der Waals surface area contributed by atoms with Crippen LogP contribution < -0.4 is 10.1 Å². The number of nitrogens with zero attached hydrogens (tertiary/aromatic N) is 1. The highest BCUT2D eigenvalue weighted by molar-refractivity contribution is 5.85. The molecule has 1 fully saturated rings. The summed E-state index contributed by atoms with van der Waals surface area (Å²) < 4.78 is 78.7. The summed E-state index contributed by atoms with van der Waals surface area (Å²) in [5.41, 5.74) is 0.392. The Hall–Kier alpha value is -1.19. The molecular formula is C15H19ClF6N2O. The Balaban J connectivity index is 0.00000312. The van der Waals surface area contributed by atoms with Crippen LogP contribution in [0.25, 0.3) is 0 Å². The van der Waals surface area contributed by atoms with Gasteiger partial charge in [0.15, 0.2) is 0 Å². The number of alkyl halides is 6. The minimum absolute atomic E-state index is 0. The lowest BCUT2D eigenvalue weighted by Crippen LogP contribution is -2.45. The number of hydrogen-bond acceptors (Lipinski definition) is 3. The molecule has 1 aromatic carbocycles. The zero-order valence-corrected chi connectivity index (χ0v) is 14.0. The Bertz CT molecular complexity index is 531. The summed E-state index contributed by atoms with van der Waals surface area (Å²) in [5.74, 6) is -0.424. The van der Waals surface area contributed by atoms with Gasteiger partial charge in [-0.3, -0.25) is 4.90 Å². The Morgan fingerprint density at radius 3 is 2.28 bits per heavy atom. The predicted octanol–water partition coefficient (Wildman–Crippen LogP) is 4.30. The maximum absolute atomic E-state index is 12.6. The second kappa shape index (κ2) is 8.95. The fraction of sp³-hybridized carbons (Fsp3) is 0.600. The molecule has 0 unspecified atom stereocenters. The highest BCUT2D eigenvalue weighted by atomic mass is 35.5. The van der Waals surface area contributed by atoms with Gasteiger partial charge >= 0.3 is 12.5 Å². The standard InChI is InChI=1S/C15H18F6N2O.ClH/c16-14(17,18)5-4-13(23-8-6-22-7-9-23)11-2-1-3-12(10-11)24-15(19,20)21;/h1-3,10,13,22H,4-9H2;1H/t13-;/m1./s1. The zero-order valence-electron chi connectivity index (χ0n) is 13.2. The average molecular weight is 393 g/mol. The first-order valence-corrected chi connectivity index (χ1v) is 7.51. The maximum atomic E-state index is 12.6.